The average Bonchev–Trinajstić information content (AvgIpc) is 2.30. The lowest BCUT2D eigenvalue weighted by molar-refractivity contribution is -0.105. The summed E-state index contributed by atoms with van der Waals surface area (Å²) in [6.07, 6.45) is -0.392. The second-order valence-electron chi connectivity index (χ2n) is 7.07. The fraction of sp³-hybridized carbons (Fsp3) is 1.00. The molecule has 0 aromatic rings. The molecule has 4 nitrogen and oxygen atoms in total. The molecular formula is C13H27BO4. The van der Waals surface area contributed by atoms with Gasteiger partial charge in [0.15, 0.2) is 6.19 Å². The van der Waals surface area contributed by atoms with Gasteiger partial charge in [0.05, 0.1) is 22.4 Å². The minimum atomic E-state index is -0.920. The summed E-state index contributed by atoms with van der Waals surface area (Å²) in [5.74, 6) is 0. The normalized spacial score (nSPS) is 24.3. The molecule has 5 heteroatoms. The van der Waals surface area contributed by atoms with Gasteiger partial charge in [0.25, 0.3) is 0 Å². The third-order valence-electron chi connectivity index (χ3n) is 4.36. The molecule has 1 fully saturated rings. The van der Waals surface area contributed by atoms with Crippen LogP contribution in [0.25, 0.3) is 0 Å². The van der Waals surface area contributed by atoms with Gasteiger partial charge in [-0.2, -0.15) is 0 Å². The Morgan fingerprint density at radius 3 is 1.72 bits per heavy atom. The zero-order valence-corrected chi connectivity index (χ0v) is 13.0. The molecule has 0 amide bonds. The highest BCUT2D eigenvalue weighted by atomic mass is 16.8. The molecule has 0 unspecified atom stereocenters. The molecule has 0 aromatic carbocycles. The summed E-state index contributed by atoms with van der Waals surface area (Å²) in [5, 5.41) is 10.0. The maximum Gasteiger partial charge on any atom is 0.338 e. The molecule has 0 saturated carbocycles. The van der Waals surface area contributed by atoms with Crippen LogP contribution in [0.4, 0.5) is 0 Å². The van der Waals surface area contributed by atoms with Crippen molar-refractivity contribution in [1.82, 2.24) is 0 Å². The first kappa shape index (κ1) is 16.0. The molecule has 1 aliphatic heterocycles. The van der Waals surface area contributed by atoms with Crippen molar-refractivity contribution in [2.24, 2.45) is 0 Å². The Kier molecular flexibility index (Phi) is 3.97. The molecule has 1 heterocycles. The van der Waals surface area contributed by atoms with Crippen molar-refractivity contribution in [1.29, 1.82) is 0 Å². The quantitative estimate of drug-likeness (QED) is 0.781. The van der Waals surface area contributed by atoms with Crippen molar-refractivity contribution in [3.05, 3.63) is 0 Å². The maximum absolute atomic E-state index is 10.0. The van der Waals surface area contributed by atoms with Gasteiger partial charge in [-0.1, -0.05) is 0 Å². The zero-order chi connectivity index (χ0) is 14.4. The Bertz CT molecular complexity index is 289. The molecule has 1 aliphatic rings. The van der Waals surface area contributed by atoms with E-state index in [1.807, 2.05) is 41.5 Å². The summed E-state index contributed by atoms with van der Waals surface area (Å²) in [5.41, 5.74) is -2.27. The van der Waals surface area contributed by atoms with E-state index in [2.05, 4.69) is 0 Å². The van der Waals surface area contributed by atoms with Crippen molar-refractivity contribution in [2.75, 3.05) is 0 Å². The van der Waals surface area contributed by atoms with Crippen LogP contribution >= 0.6 is 0 Å². The van der Waals surface area contributed by atoms with Gasteiger partial charge in [0, 0.05) is 0 Å². The Morgan fingerprint density at radius 1 is 1.00 bits per heavy atom. The summed E-state index contributed by atoms with van der Waals surface area (Å²) >= 11 is 0. The van der Waals surface area contributed by atoms with Crippen LogP contribution in [0, 0.1) is 0 Å². The van der Waals surface area contributed by atoms with E-state index in [9.17, 15) is 5.11 Å². The molecule has 0 spiro atoms. The first-order valence-corrected chi connectivity index (χ1v) is 6.50. The van der Waals surface area contributed by atoms with E-state index in [4.69, 9.17) is 14.1 Å². The van der Waals surface area contributed by atoms with Gasteiger partial charge in [-0.05, 0) is 55.4 Å². The molecule has 0 atom stereocenters. The lowest BCUT2D eigenvalue weighted by Crippen LogP contribution is -2.49. The summed E-state index contributed by atoms with van der Waals surface area (Å²) in [7, 11) is 0.309. The number of ether oxygens (including phenoxy) is 2. The van der Waals surface area contributed by atoms with Gasteiger partial charge in [-0.3, -0.25) is 0 Å². The van der Waals surface area contributed by atoms with Crippen LogP contribution < -0.4 is 0 Å². The second-order valence-corrected chi connectivity index (χ2v) is 7.07. The second kappa shape index (κ2) is 4.48. The Morgan fingerprint density at radius 2 is 1.39 bits per heavy atom. The van der Waals surface area contributed by atoms with Crippen molar-refractivity contribution in [2.45, 2.75) is 84.0 Å². The highest BCUT2D eigenvalue weighted by molar-refractivity contribution is 6.28. The molecular weight excluding hydrogens is 231 g/mol. The van der Waals surface area contributed by atoms with E-state index in [0.717, 1.165) is 0 Å². The van der Waals surface area contributed by atoms with Gasteiger partial charge >= 0.3 is 7.48 Å². The molecule has 1 saturated heterocycles. The van der Waals surface area contributed by atoms with E-state index in [1.165, 1.54) is 0 Å². The van der Waals surface area contributed by atoms with E-state index in [0.29, 0.717) is 7.48 Å². The Labute approximate surface area is 111 Å². The first-order chi connectivity index (χ1) is 7.79. The fourth-order valence-corrected chi connectivity index (χ4v) is 1.49. The minimum Gasteiger partial charge on any atom is -0.426 e. The van der Waals surface area contributed by atoms with Crippen molar-refractivity contribution >= 4 is 7.48 Å². The molecule has 0 aromatic heterocycles. The SMILES string of the molecule is CC(C)(O)C(C)(C)OBC1OC(C)(C)C(C)(C)O1. The van der Waals surface area contributed by atoms with Gasteiger partial charge in [0.2, 0.25) is 0 Å². The first-order valence-electron chi connectivity index (χ1n) is 6.50. The standard InChI is InChI=1S/C13H27BO4/c1-10(2,15)11(3,4)18-14-9-16-12(5,6)13(7,8)17-9/h9,14-15H,1-8H3. The lowest BCUT2D eigenvalue weighted by atomic mass is 9.86. The van der Waals surface area contributed by atoms with Crippen LogP contribution in [0.3, 0.4) is 0 Å². The summed E-state index contributed by atoms with van der Waals surface area (Å²) < 4.78 is 17.5. The predicted octanol–water partition coefficient (Wildman–Crippen LogP) is 1.79. The van der Waals surface area contributed by atoms with Crippen LogP contribution in [0.15, 0.2) is 0 Å². The molecule has 0 bridgehead atoms. The summed E-state index contributed by atoms with van der Waals surface area (Å²) in [6.45, 7) is 15.2. The zero-order valence-electron chi connectivity index (χ0n) is 13.0. The largest absolute Gasteiger partial charge is 0.426 e. The van der Waals surface area contributed by atoms with Crippen LogP contribution in [0.1, 0.15) is 55.4 Å². The van der Waals surface area contributed by atoms with E-state index in [-0.39, 0.29) is 11.2 Å². The smallest absolute Gasteiger partial charge is 0.338 e. The predicted molar refractivity (Wildman–Crippen MR) is 72.7 cm³/mol. The highest BCUT2D eigenvalue weighted by Crippen LogP contribution is 2.38. The molecule has 1 rings (SSSR count). The topological polar surface area (TPSA) is 47.9 Å². The fourth-order valence-electron chi connectivity index (χ4n) is 1.49. The molecule has 1 N–H and O–H groups in total. The Balaban J connectivity index is 2.58. The van der Waals surface area contributed by atoms with Crippen molar-refractivity contribution in [3.63, 3.8) is 0 Å². The maximum atomic E-state index is 10.0. The molecule has 0 aliphatic carbocycles. The van der Waals surface area contributed by atoms with Gasteiger partial charge in [-0.25, -0.2) is 0 Å². The van der Waals surface area contributed by atoms with Crippen LogP contribution in [-0.4, -0.2) is 41.2 Å². The highest BCUT2D eigenvalue weighted by Gasteiger charge is 2.50. The molecule has 106 valence electrons. The lowest BCUT2D eigenvalue weighted by Gasteiger charge is -2.38. The summed E-state index contributed by atoms with van der Waals surface area (Å²) in [4.78, 5) is 0. The average molecular weight is 258 g/mol. The minimum absolute atomic E-state index is 0.309. The molecule has 0 radical (unpaired) electrons. The van der Waals surface area contributed by atoms with Gasteiger partial charge in [0.1, 0.15) is 0 Å². The van der Waals surface area contributed by atoms with Crippen molar-refractivity contribution in [3.8, 4) is 0 Å². The van der Waals surface area contributed by atoms with E-state index >= 15 is 0 Å². The van der Waals surface area contributed by atoms with Gasteiger partial charge < -0.3 is 19.2 Å². The third kappa shape index (κ3) is 3.07. The Hall–Kier alpha value is -0.0951. The van der Waals surface area contributed by atoms with Crippen molar-refractivity contribution < 1.29 is 19.2 Å². The number of hydrogen-bond donors (Lipinski definition) is 1. The van der Waals surface area contributed by atoms with Gasteiger partial charge in [-0.15, -0.1) is 0 Å². The molecule has 18 heavy (non-hydrogen) atoms. The number of hydrogen-bond acceptors (Lipinski definition) is 4. The van der Waals surface area contributed by atoms with E-state index in [1.54, 1.807) is 13.8 Å². The monoisotopic (exact) mass is 258 g/mol. The van der Waals surface area contributed by atoms with Crippen LogP contribution in [-0.2, 0) is 14.1 Å². The van der Waals surface area contributed by atoms with Crippen LogP contribution in [0.5, 0.6) is 0 Å². The number of rotatable bonds is 4. The summed E-state index contributed by atoms with van der Waals surface area (Å²) in [6, 6.07) is 0. The van der Waals surface area contributed by atoms with Crippen LogP contribution in [0.2, 0.25) is 0 Å². The number of aliphatic hydroxyl groups is 1. The van der Waals surface area contributed by atoms with E-state index < -0.39 is 17.4 Å². The third-order valence-corrected chi connectivity index (χ3v) is 4.36.